The van der Waals surface area contributed by atoms with Gasteiger partial charge in [0.15, 0.2) is 0 Å². The van der Waals surface area contributed by atoms with Crippen molar-refractivity contribution < 1.29 is 22.7 Å². The number of likely N-dealkylation sites (tertiary alicyclic amines) is 1. The van der Waals surface area contributed by atoms with Gasteiger partial charge in [0.05, 0.1) is 12.9 Å². The second kappa shape index (κ2) is 7.61. The fourth-order valence-electron chi connectivity index (χ4n) is 2.59. The highest BCUT2D eigenvalue weighted by Gasteiger charge is 2.31. The molecule has 1 N–H and O–H groups in total. The second-order valence-corrected chi connectivity index (χ2v) is 8.89. The molecule has 1 atom stereocenters. The van der Waals surface area contributed by atoms with E-state index in [9.17, 15) is 13.2 Å². The molecule has 8 heteroatoms. The van der Waals surface area contributed by atoms with E-state index >= 15 is 0 Å². The monoisotopic (exact) mass is 370 g/mol. The molecule has 25 heavy (non-hydrogen) atoms. The first-order valence-electron chi connectivity index (χ1n) is 8.19. The highest BCUT2D eigenvalue weighted by molar-refractivity contribution is 7.88. The van der Waals surface area contributed by atoms with Crippen LogP contribution in [0.2, 0.25) is 0 Å². The third-order valence-electron chi connectivity index (χ3n) is 3.70. The molecule has 140 valence electrons. The summed E-state index contributed by atoms with van der Waals surface area (Å²) in [6, 6.07) is 6.60. The largest absolute Gasteiger partial charge is 0.497 e. The summed E-state index contributed by atoms with van der Waals surface area (Å²) in [5.41, 5.74) is 0.110. The maximum Gasteiger partial charge on any atom is 0.410 e. The molecule has 0 radical (unpaired) electrons. The van der Waals surface area contributed by atoms with E-state index in [0.29, 0.717) is 30.8 Å². The van der Waals surface area contributed by atoms with Crippen LogP contribution in [0.3, 0.4) is 0 Å². The summed E-state index contributed by atoms with van der Waals surface area (Å²) in [6.07, 6.45) is 0.158. The van der Waals surface area contributed by atoms with Crippen molar-refractivity contribution in [1.82, 2.24) is 9.62 Å². The summed E-state index contributed by atoms with van der Waals surface area (Å²) in [5.74, 6) is 0.567. The average molecular weight is 370 g/mol. The minimum atomic E-state index is -3.49. The molecule has 1 aliphatic rings. The van der Waals surface area contributed by atoms with Crippen LogP contribution in [0.1, 0.15) is 32.8 Å². The zero-order valence-corrected chi connectivity index (χ0v) is 15.9. The molecule has 0 spiro atoms. The zero-order valence-electron chi connectivity index (χ0n) is 15.1. The van der Waals surface area contributed by atoms with E-state index in [1.807, 2.05) is 0 Å². The van der Waals surface area contributed by atoms with Crippen LogP contribution in [-0.4, -0.2) is 51.3 Å². The molecule has 0 unspecified atom stereocenters. The lowest BCUT2D eigenvalue weighted by Crippen LogP contribution is -2.40. The number of carbonyl (C=O) groups excluding carboxylic acids is 1. The molecule has 1 aliphatic heterocycles. The Labute approximate surface area is 149 Å². The van der Waals surface area contributed by atoms with Gasteiger partial charge in [-0.05, 0) is 44.9 Å². The molecular weight excluding hydrogens is 344 g/mol. The highest BCUT2D eigenvalue weighted by Crippen LogP contribution is 2.17. The minimum absolute atomic E-state index is 0.111. The number of methoxy groups -OCH3 is 1. The molecule has 1 aromatic rings. The fourth-order valence-corrected chi connectivity index (χ4v) is 4.00. The lowest BCUT2D eigenvalue weighted by Gasteiger charge is -2.24. The first-order chi connectivity index (χ1) is 11.6. The molecule has 1 amide bonds. The Hall–Kier alpha value is -1.80. The van der Waals surface area contributed by atoms with Gasteiger partial charge in [-0.3, -0.25) is 0 Å². The summed E-state index contributed by atoms with van der Waals surface area (Å²) in [4.78, 5) is 13.6. The van der Waals surface area contributed by atoms with Crippen molar-refractivity contribution in [3.05, 3.63) is 29.8 Å². The zero-order chi connectivity index (χ0) is 18.7. The number of ether oxygens (including phenoxy) is 2. The van der Waals surface area contributed by atoms with E-state index in [1.54, 1.807) is 52.1 Å². The summed E-state index contributed by atoms with van der Waals surface area (Å²) in [6.45, 7) is 6.20. The Morgan fingerprint density at radius 3 is 2.48 bits per heavy atom. The first kappa shape index (κ1) is 19.5. The van der Waals surface area contributed by atoms with Crippen LogP contribution in [0.4, 0.5) is 4.79 Å². The SMILES string of the molecule is COc1ccc(CS(=O)(=O)N[C@@H]2CCN(C(=O)OC(C)(C)C)C2)cc1. The van der Waals surface area contributed by atoms with Crippen molar-refractivity contribution in [2.45, 2.75) is 44.6 Å². The van der Waals surface area contributed by atoms with Crippen molar-refractivity contribution in [3.8, 4) is 5.75 Å². The number of amides is 1. The number of nitrogens with one attached hydrogen (secondary N) is 1. The Balaban J connectivity index is 1.89. The lowest BCUT2D eigenvalue weighted by atomic mass is 10.2. The number of rotatable bonds is 5. The predicted octanol–water partition coefficient (Wildman–Crippen LogP) is 2.12. The summed E-state index contributed by atoms with van der Waals surface area (Å²) in [7, 11) is -1.93. The van der Waals surface area contributed by atoms with Gasteiger partial charge < -0.3 is 14.4 Å². The minimum Gasteiger partial charge on any atom is -0.497 e. The van der Waals surface area contributed by atoms with Crippen molar-refractivity contribution in [1.29, 1.82) is 0 Å². The molecule has 1 heterocycles. The quantitative estimate of drug-likeness (QED) is 0.858. The van der Waals surface area contributed by atoms with E-state index in [4.69, 9.17) is 9.47 Å². The lowest BCUT2D eigenvalue weighted by molar-refractivity contribution is 0.0292. The van der Waals surface area contributed by atoms with Crippen molar-refractivity contribution in [3.63, 3.8) is 0 Å². The third-order valence-corrected chi connectivity index (χ3v) is 5.11. The maximum atomic E-state index is 12.3. The molecule has 1 saturated heterocycles. The van der Waals surface area contributed by atoms with Gasteiger partial charge in [-0.25, -0.2) is 17.9 Å². The van der Waals surface area contributed by atoms with Gasteiger partial charge in [0, 0.05) is 19.1 Å². The van der Waals surface area contributed by atoms with Crippen LogP contribution in [0.15, 0.2) is 24.3 Å². The van der Waals surface area contributed by atoms with E-state index in [1.165, 1.54) is 4.90 Å². The second-order valence-electron chi connectivity index (χ2n) is 7.14. The molecule has 0 aliphatic carbocycles. The average Bonchev–Trinajstić information content (AvgIpc) is 2.93. The van der Waals surface area contributed by atoms with Gasteiger partial charge in [-0.2, -0.15) is 0 Å². The molecule has 0 aromatic heterocycles. The first-order valence-corrected chi connectivity index (χ1v) is 9.84. The van der Waals surface area contributed by atoms with Crippen molar-refractivity contribution in [2.24, 2.45) is 0 Å². The summed E-state index contributed by atoms with van der Waals surface area (Å²) < 4.78 is 37.7. The molecule has 0 bridgehead atoms. The molecule has 7 nitrogen and oxygen atoms in total. The van der Waals surface area contributed by atoms with Gasteiger partial charge >= 0.3 is 6.09 Å². The van der Waals surface area contributed by atoms with Crippen molar-refractivity contribution in [2.75, 3.05) is 20.2 Å². The van der Waals surface area contributed by atoms with Crippen LogP contribution < -0.4 is 9.46 Å². The standard InChI is InChI=1S/C17H26N2O5S/c1-17(2,3)24-16(20)19-10-9-14(11-19)18-25(21,22)12-13-5-7-15(23-4)8-6-13/h5-8,14,18H,9-12H2,1-4H3/t14-/m1/s1. The Bertz CT molecular complexity index is 695. The predicted molar refractivity (Wildman–Crippen MR) is 95.0 cm³/mol. The Kier molecular flexibility index (Phi) is 5.95. The smallest absolute Gasteiger partial charge is 0.410 e. The van der Waals surface area contributed by atoms with E-state index in [2.05, 4.69) is 4.72 Å². The number of sulfonamides is 1. The van der Waals surface area contributed by atoms with Crippen molar-refractivity contribution >= 4 is 16.1 Å². The number of nitrogens with zero attached hydrogens (tertiary/aromatic N) is 1. The highest BCUT2D eigenvalue weighted by atomic mass is 32.2. The Morgan fingerprint density at radius 1 is 1.28 bits per heavy atom. The van der Waals surface area contributed by atoms with Gasteiger partial charge in [-0.1, -0.05) is 12.1 Å². The summed E-state index contributed by atoms with van der Waals surface area (Å²) in [5, 5.41) is 0. The number of benzene rings is 1. The molecular formula is C17H26N2O5S. The van der Waals surface area contributed by atoms with Crippen LogP contribution in [0, 0.1) is 0 Å². The molecule has 2 rings (SSSR count). The molecule has 1 fully saturated rings. The van der Waals surface area contributed by atoms with Crippen LogP contribution in [-0.2, 0) is 20.5 Å². The number of hydrogen-bond acceptors (Lipinski definition) is 5. The summed E-state index contributed by atoms with van der Waals surface area (Å²) >= 11 is 0. The molecule has 0 saturated carbocycles. The van der Waals surface area contributed by atoms with E-state index in [-0.39, 0.29) is 11.8 Å². The molecule has 1 aromatic carbocycles. The number of hydrogen-bond donors (Lipinski definition) is 1. The van der Waals surface area contributed by atoms with Crippen LogP contribution in [0.25, 0.3) is 0 Å². The fraction of sp³-hybridized carbons (Fsp3) is 0.588. The Morgan fingerprint density at radius 2 is 1.92 bits per heavy atom. The van der Waals surface area contributed by atoms with Gasteiger partial charge in [0.25, 0.3) is 0 Å². The normalized spacial score (nSPS) is 18.2. The third kappa shape index (κ3) is 6.21. The van der Waals surface area contributed by atoms with Crippen LogP contribution in [0.5, 0.6) is 5.75 Å². The maximum absolute atomic E-state index is 12.3. The van der Waals surface area contributed by atoms with Gasteiger partial charge in [0.1, 0.15) is 11.4 Å². The van der Waals surface area contributed by atoms with Crippen LogP contribution >= 0.6 is 0 Å². The topological polar surface area (TPSA) is 84.9 Å². The van der Waals surface area contributed by atoms with Gasteiger partial charge in [-0.15, -0.1) is 0 Å². The van der Waals surface area contributed by atoms with E-state index < -0.39 is 21.7 Å². The van der Waals surface area contributed by atoms with Gasteiger partial charge in [0.2, 0.25) is 10.0 Å². The van der Waals surface area contributed by atoms with E-state index in [0.717, 1.165) is 0 Å². The number of carbonyl (C=O) groups is 1.